The van der Waals surface area contributed by atoms with Crippen LogP contribution in [0.15, 0.2) is 74.7 Å². The van der Waals surface area contributed by atoms with Crippen molar-refractivity contribution in [1.29, 1.82) is 0 Å². The number of hydrogen-bond donors (Lipinski definition) is 2. The quantitative estimate of drug-likeness (QED) is 0.110. The SMILES string of the molecule is O=C(CNC(=O)c1ccc(Cl)cc1)NN=Cc1cc(Br)cc(Br)c1OC(=O)c1ccccc1I. The van der Waals surface area contributed by atoms with Gasteiger partial charge in [-0.25, -0.2) is 10.2 Å². The van der Waals surface area contributed by atoms with E-state index in [9.17, 15) is 14.4 Å². The summed E-state index contributed by atoms with van der Waals surface area (Å²) in [5.74, 6) is -1.25. The van der Waals surface area contributed by atoms with Crippen molar-refractivity contribution >= 4 is 90.0 Å². The highest BCUT2D eigenvalue weighted by molar-refractivity contribution is 14.1. The van der Waals surface area contributed by atoms with Crippen LogP contribution in [0.5, 0.6) is 5.75 Å². The highest BCUT2D eigenvalue weighted by Crippen LogP contribution is 2.33. The van der Waals surface area contributed by atoms with Gasteiger partial charge in [0.05, 0.1) is 22.8 Å². The molecule has 0 spiro atoms. The molecule has 0 fully saturated rings. The average Bonchev–Trinajstić information content (AvgIpc) is 2.80. The van der Waals surface area contributed by atoms with E-state index < -0.39 is 17.8 Å². The normalized spacial score (nSPS) is 10.7. The molecular formula is C23H15Br2ClIN3O4. The van der Waals surface area contributed by atoms with E-state index in [0.29, 0.717) is 30.7 Å². The fourth-order valence-corrected chi connectivity index (χ4v) is 4.71. The Hall–Kier alpha value is -2.28. The second-order valence-electron chi connectivity index (χ2n) is 6.66. The van der Waals surface area contributed by atoms with Crippen LogP contribution in [0, 0.1) is 3.57 Å². The van der Waals surface area contributed by atoms with E-state index in [2.05, 4.69) is 70.3 Å². The lowest BCUT2D eigenvalue weighted by molar-refractivity contribution is -0.120. The topological polar surface area (TPSA) is 96.9 Å². The number of nitrogens with one attached hydrogen (secondary N) is 2. The molecule has 2 N–H and O–H groups in total. The predicted molar refractivity (Wildman–Crippen MR) is 145 cm³/mol. The van der Waals surface area contributed by atoms with Crippen LogP contribution in [0.4, 0.5) is 0 Å². The molecule has 0 bridgehead atoms. The summed E-state index contributed by atoms with van der Waals surface area (Å²) < 4.78 is 7.58. The van der Waals surface area contributed by atoms with Crippen LogP contribution in [-0.4, -0.2) is 30.5 Å². The van der Waals surface area contributed by atoms with E-state index in [1.54, 1.807) is 54.6 Å². The van der Waals surface area contributed by atoms with Gasteiger partial charge >= 0.3 is 5.97 Å². The van der Waals surface area contributed by atoms with Crippen LogP contribution >= 0.6 is 66.1 Å². The molecule has 0 unspecified atom stereocenters. The molecule has 0 aliphatic carbocycles. The van der Waals surface area contributed by atoms with E-state index in [1.165, 1.54) is 6.21 Å². The molecule has 11 heteroatoms. The average molecular weight is 720 g/mol. The van der Waals surface area contributed by atoms with Gasteiger partial charge in [-0.15, -0.1) is 0 Å². The van der Waals surface area contributed by atoms with Crippen LogP contribution in [-0.2, 0) is 4.79 Å². The number of halogens is 4. The zero-order valence-electron chi connectivity index (χ0n) is 17.2. The fourth-order valence-electron chi connectivity index (χ4n) is 2.64. The van der Waals surface area contributed by atoms with Crippen molar-refractivity contribution in [1.82, 2.24) is 10.7 Å². The Labute approximate surface area is 230 Å². The van der Waals surface area contributed by atoms with Gasteiger partial charge in [0.15, 0.2) is 5.75 Å². The maximum absolute atomic E-state index is 12.7. The molecule has 0 aliphatic rings. The molecular weight excluding hydrogens is 704 g/mol. The van der Waals surface area contributed by atoms with Gasteiger partial charge < -0.3 is 10.1 Å². The van der Waals surface area contributed by atoms with Crippen LogP contribution in [0.25, 0.3) is 0 Å². The third-order valence-corrected chi connectivity index (χ3v) is 6.47. The minimum Gasteiger partial charge on any atom is -0.421 e. The molecule has 0 atom stereocenters. The van der Waals surface area contributed by atoms with Gasteiger partial charge in [-0.1, -0.05) is 39.7 Å². The summed E-state index contributed by atoms with van der Waals surface area (Å²) >= 11 is 14.6. The highest BCUT2D eigenvalue weighted by atomic mass is 127. The third kappa shape index (κ3) is 7.36. The third-order valence-electron chi connectivity index (χ3n) is 4.23. The Morgan fingerprint density at radius 1 is 1.06 bits per heavy atom. The van der Waals surface area contributed by atoms with E-state index in [1.807, 2.05) is 6.07 Å². The standard InChI is InChI=1S/C23H15Br2ClIN3O4/c24-15-9-14(21(18(25)10-15)34-23(33)17-3-1-2-4-19(17)27)11-29-30-20(31)12-28-22(32)13-5-7-16(26)8-6-13/h1-11H,12H2,(H,28,32)(H,30,31). The lowest BCUT2D eigenvalue weighted by atomic mass is 10.2. The maximum Gasteiger partial charge on any atom is 0.344 e. The predicted octanol–water partition coefficient (Wildman–Crippen LogP) is 5.57. The molecule has 3 rings (SSSR count). The second kappa shape index (κ2) is 12.4. The van der Waals surface area contributed by atoms with E-state index in [-0.39, 0.29) is 12.3 Å². The van der Waals surface area contributed by atoms with Crippen LogP contribution in [0.1, 0.15) is 26.3 Å². The fraction of sp³-hybridized carbons (Fsp3) is 0.0435. The molecule has 0 heterocycles. The molecule has 174 valence electrons. The number of hydrogen-bond acceptors (Lipinski definition) is 5. The van der Waals surface area contributed by atoms with Crippen molar-refractivity contribution in [3.8, 4) is 5.75 Å². The summed E-state index contributed by atoms with van der Waals surface area (Å²) in [5.41, 5.74) is 3.56. The van der Waals surface area contributed by atoms with E-state index in [0.717, 1.165) is 3.57 Å². The van der Waals surface area contributed by atoms with Crippen LogP contribution in [0.3, 0.4) is 0 Å². The molecule has 7 nitrogen and oxygen atoms in total. The minimum atomic E-state index is -0.537. The van der Waals surface area contributed by atoms with Gasteiger partial charge in [0.1, 0.15) is 0 Å². The summed E-state index contributed by atoms with van der Waals surface area (Å²) in [5, 5.41) is 6.92. The maximum atomic E-state index is 12.7. The Morgan fingerprint density at radius 3 is 2.47 bits per heavy atom. The molecule has 34 heavy (non-hydrogen) atoms. The Balaban J connectivity index is 1.65. The molecule has 0 radical (unpaired) electrons. The van der Waals surface area contributed by atoms with Crippen LogP contribution < -0.4 is 15.5 Å². The zero-order valence-corrected chi connectivity index (χ0v) is 23.2. The number of nitrogens with zero attached hydrogens (tertiary/aromatic N) is 1. The number of hydrazone groups is 1. The van der Waals surface area contributed by atoms with Gasteiger partial charge in [0.25, 0.3) is 11.8 Å². The number of carbonyl (C=O) groups is 3. The minimum absolute atomic E-state index is 0.238. The molecule has 0 aromatic heterocycles. The van der Waals surface area contributed by atoms with Crippen molar-refractivity contribution in [2.45, 2.75) is 0 Å². The molecule has 0 aliphatic heterocycles. The van der Waals surface area contributed by atoms with Gasteiger partial charge in [0, 0.05) is 24.2 Å². The lowest BCUT2D eigenvalue weighted by Crippen LogP contribution is -2.34. The van der Waals surface area contributed by atoms with Crippen molar-refractivity contribution < 1.29 is 19.1 Å². The van der Waals surface area contributed by atoms with Gasteiger partial charge in [-0.2, -0.15) is 5.10 Å². The lowest BCUT2D eigenvalue weighted by Gasteiger charge is -2.11. The number of rotatable bonds is 7. The smallest absolute Gasteiger partial charge is 0.344 e. The largest absolute Gasteiger partial charge is 0.421 e. The van der Waals surface area contributed by atoms with Crippen molar-refractivity contribution in [2.75, 3.05) is 6.54 Å². The van der Waals surface area contributed by atoms with Crippen molar-refractivity contribution in [3.05, 3.63) is 94.9 Å². The summed E-state index contributed by atoms with van der Waals surface area (Å²) in [6.45, 7) is -0.282. The first-order valence-electron chi connectivity index (χ1n) is 9.56. The van der Waals surface area contributed by atoms with Gasteiger partial charge in [0.2, 0.25) is 0 Å². The number of carbonyl (C=O) groups excluding carboxylic acids is 3. The molecule has 0 saturated heterocycles. The summed E-state index contributed by atoms with van der Waals surface area (Å²) in [4.78, 5) is 36.8. The summed E-state index contributed by atoms with van der Waals surface area (Å²) in [7, 11) is 0. The Bertz CT molecular complexity index is 1270. The molecule has 3 aromatic carbocycles. The van der Waals surface area contributed by atoms with Crippen LogP contribution in [0.2, 0.25) is 5.02 Å². The van der Waals surface area contributed by atoms with E-state index in [4.69, 9.17) is 16.3 Å². The Kier molecular flexibility index (Phi) is 9.63. The first-order valence-corrected chi connectivity index (χ1v) is 12.6. The highest BCUT2D eigenvalue weighted by Gasteiger charge is 2.17. The first-order chi connectivity index (χ1) is 16.2. The number of ether oxygens (including phenoxy) is 1. The number of benzene rings is 3. The number of amides is 2. The van der Waals surface area contributed by atoms with E-state index >= 15 is 0 Å². The molecule has 0 saturated carbocycles. The zero-order chi connectivity index (χ0) is 24.7. The monoisotopic (exact) mass is 717 g/mol. The number of esters is 1. The molecule has 3 aromatic rings. The first kappa shape index (κ1) is 26.3. The molecule has 2 amide bonds. The summed E-state index contributed by atoms with van der Waals surface area (Å²) in [6, 6.07) is 16.7. The Morgan fingerprint density at radius 2 is 1.76 bits per heavy atom. The van der Waals surface area contributed by atoms with Crippen molar-refractivity contribution in [3.63, 3.8) is 0 Å². The second-order valence-corrected chi connectivity index (χ2v) is 10.0. The summed E-state index contributed by atoms with van der Waals surface area (Å²) in [6.07, 6.45) is 1.34. The van der Waals surface area contributed by atoms with Crippen molar-refractivity contribution in [2.24, 2.45) is 5.10 Å². The van der Waals surface area contributed by atoms with Gasteiger partial charge in [-0.3, -0.25) is 9.59 Å². The van der Waals surface area contributed by atoms with Gasteiger partial charge in [-0.05, 0) is 87.1 Å².